The highest BCUT2D eigenvalue weighted by Gasteiger charge is 2.02. The molecule has 0 saturated heterocycles. The zero-order valence-electron chi connectivity index (χ0n) is 25.0. The Labute approximate surface area is 226 Å². The minimum atomic E-state index is -0.0187. The number of unbranched alkanes of at least 4 members (excludes halogenated alkanes) is 18. The zero-order valence-corrected chi connectivity index (χ0v) is 25.0. The molecule has 0 atom stereocenters. The summed E-state index contributed by atoms with van der Waals surface area (Å²) in [6, 6.07) is 0. The highest BCUT2D eigenvalue weighted by molar-refractivity contribution is 5.69. The molecule has 0 unspecified atom stereocenters. The quantitative estimate of drug-likeness (QED) is 0.0854. The Bertz CT molecular complexity index is 436. The molecule has 0 aliphatic carbocycles. The first kappa shape index (κ1) is 37.1. The highest BCUT2D eigenvalue weighted by atomic mass is 16.5. The average molecular weight is 513 g/mol. The summed E-state index contributed by atoms with van der Waals surface area (Å²) < 4.78 is 10.1. The third-order valence-corrected chi connectivity index (χ3v) is 6.40. The molecule has 0 fully saturated rings. The number of carbonyl (C=O) groups excluding carboxylic acids is 2. The van der Waals surface area contributed by atoms with E-state index < -0.39 is 0 Å². The van der Waals surface area contributed by atoms with Crippen LogP contribution in [0.4, 0.5) is 0 Å². The largest absolute Gasteiger partial charge is 0.466 e. The zero-order chi connectivity index (χ0) is 27.0. The molecular formula is C32H64O4. The molecule has 0 aromatic carbocycles. The lowest BCUT2D eigenvalue weighted by Crippen LogP contribution is -2.04. The van der Waals surface area contributed by atoms with Crippen molar-refractivity contribution in [2.45, 2.75) is 182 Å². The molecule has 0 saturated carbocycles. The molecule has 0 aromatic heterocycles. The topological polar surface area (TPSA) is 52.6 Å². The number of hydrogen-bond acceptors (Lipinski definition) is 4. The molecule has 0 aliphatic heterocycles. The van der Waals surface area contributed by atoms with Crippen molar-refractivity contribution in [3.63, 3.8) is 0 Å². The summed E-state index contributed by atoms with van der Waals surface area (Å²) >= 11 is 0. The maximum absolute atomic E-state index is 11.2. The Morgan fingerprint density at radius 1 is 0.361 bits per heavy atom. The molecule has 0 bridgehead atoms. The fourth-order valence-electron chi connectivity index (χ4n) is 4.09. The molecule has 0 radical (unpaired) electrons. The lowest BCUT2D eigenvalue weighted by Gasteiger charge is -2.03. The van der Waals surface area contributed by atoms with Crippen LogP contribution in [-0.2, 0) is 19.1 Å². The number of carbonyl (C=O) groups is 2. The summed E-state index contributed by atoms with van der Waals surface area (Å²) in [4.78, 5) is 22.4. The predicted octanol–water partition coefficient (Wildman–Crippen LogP) is 10.5. The van der Waals surface area contributed by atoms with E-state index in [1.165, 1.54) is 116 Å². The van der Waals surface area contributed by atoms with E-state index in [1.807, 2.05) is 13.8 Å². The lowest BCUT2D eigenvalue weighted by molar-refractivity contribution is -0.144. The molecule has 0 rings (SSSR count). The van der Waals surface area contributed by atoms with Crippen LogP contribution >= 0.6 is 0 Å². The summed E-state index contributed by atoms with van der Waals surface area (Å²) in [5.41, 5.74) is 0. The van der Waals surface area contributed by atoms with Crippen molar-refractivity contribution in [3.05, 3.63) is 0 Å². The maximum atomic E-state index is 11.2. The standard InChI is InChI=1S/C17H34O2.C15H30O2/c1-3-5-6-7-8-9-10-11-12-13-14-15-17(18)19-16-4-2;1-3-5-6-7-8-9-10-11-12-13-15(16)17-14-4-2/h3-16H2,1-2H3;3-14H2,1-2H3. The van der Waals surface area contributed by atoms with Crippen LogP contribution in [0.15, 0.2) is 0 Å². The first-order valence-corrected chi connectivity index (χ1v) is 15.9. The van der Waals surface area contributed by atoms with Gasteiger partial charge in [0.2, 0.25) is 0 Å². The van der Waals surface area contributed by atoms with E-state index >= 15 is 0 Å². The first-order chi connectivity index (χ1) is 17.6. The van der Waals surface area contributed by atoms with Crippen LogP contribution in [0.2, 0.25) is 0 Å². The van der Waals surface area contributed by atoms with Crippen LogP contribution in [0.1, 0.15) is 182 Å². The summed E-state index contributed by atoms with van der Waals surface area (Å²) in [6.45, 7) is 9.71. The normalized spacial score (nSPS) is 10.6. The Kier molecular flexibility index (Phi) is 35.0. The second kappa shape index (κ2) is 33.9. The van der Waals surface area contributed by atoms with E-state index in [0.29, 0.717) is 26.1 Å². The third-order valence-electron chi connectivity index (χ3n) is 6.40. The minimum Gasteiger partial charge on any atom is -0.466 e. The van der Waals surface area contributed by atoms with Gasteiger partial charge < -0.3 is 9.47 Å². The van der Waals surface area contributed by atoms with E-state index in [-0.39, 0.29) is 11.9 Å². The van der Waals surface area contributed by atoms with Crippen molar-refractivity contribution in [2.75, 3.05) is 13.2 Å². The first-order valence-electron chi connectivity index (χ1n) is 15.9. The van der Waals surface area contributed by atoms with Crippen molar-refractivity contribution in [1.29, 1.82) is 0 Å². The van der Waals surface area contributed by atoms with Crippen LogP contribution in [-0.4, -0.2) is 25.2 Å². The van der Waals surface area contributed by atoms with Gasteiger partial charge in [-0.05, 0) is 25.7 Å². The molecule has 0 heterocycles. The average Bonchev–Trinajstić information content (AvgIpc) is 2.88. The number of rotatable bonds is 26. The number of ether oxygens (including phenoxy) is 2. The fraction of sp³-hybridized carbons (Fsp3) is 0.938. The molecule has 0 amide bonds. The van der Waals surface area contributed by atoms with Gasteiger partial charge in [-0.3, -0.25) is 9.59 Å². The maximum Gasteiger partial charge on any atom is 0.305 e. The van der Waals surface area contributed by atoms with Gasteiger partial charge in [0.15, 0.2) is 0 Å². The lowest BCUT2D eigenvalue weighted by atomic mass is 10.1. The molecule has 0 aliphatic rings. The predicted molar refractivity (Wildman–Crippen MR) is 155 cm³/mol. The minimum absolute atomic E-state index is 0.0159. The molecule has 216 valence electrons. The van der Waals surface area contributed by atoms with Crippen LogP contribution in [0.5, 0.6) is 0 Å². The van der Waals surface area contributed by atoms with Gasteiger partial charge in [0.05, 0.1) is 13.2 Å². The van der Waals surface area contributed by atoms with E-state index in [2.05, 4.69) is 13.8 Å². The molecule has 36 heavy (non-hydrogen) atoms. The van der Waals surface area contributed by atoms with Gasteiger partial charge in [-0.2, -0.15) is 0 Å². The van der Waals surface area contributed by atoms with E-state index in [4.69, 9.17) is 9.47 Å². The van der Waals surface area contributed by atoms with E-state index in [9.17, 15) is 9.59 Å². The van der Waals surface area contributed by atoms with Crippen molar-refractivity contribution >= 4 is 11.9 Å². The number of esters is 2. The van der Waals surface area contributed by atoms with Gasteiger partial charge in [0.25, 0.3) is 0 Å². The van der Waals surface area contributed by atoms with Crippen molar-refractivity contribution in [1.82, 2.24) is 0 Å². The number of hydrogen-bond donors (Lipinski definition) is 0. The van der Waals surface area contributed by atoms with Gasteiger partial charge in [-0.25, -0.2) is 0 Å². The fourth-order valence-corrected chi connectivity index (χ4v) is 4.09. The van der Waals surface area contributed by atoms with Crippen LogP contribution in [0.3, 0.4) is 0 Å². The third kappa shape index (κ3) is 35.1. The Morgan fingerprint density at radius 3 is 0.861 bits per heavy atom. The molecule has 4 heteroatoms. The van der Waals surface area contributed by atoms with Gasteiger partial charge >= 0.3 is 11.9 Å². The smallest absolute Gasteiger partial charge is 0.305 e. The highest BCUT2D eigenvalue weighted by Crippen LogP contribution is 2.12. The Balaban J connectivity index is 0. The van der Waals surface area contributed by atoms with E-state index in [1.54, 1.807) is 0 Å². The second-order valence-electron chi connectivity index (χ2n) is 10.3. The van der Waals surface area contributed by atoms with Gasteiger partial charge in [0, 0.05) is 12.8 Å². The van der Waals surface area contributed by atoms with Crippen molar-refractivity contribution in [3.8, 4) is 0 Å². The Morgan fingerprint density at radius 2 is 0.611 bits per heavy atom. The second-order valence-corrected chi connectivity index (χ2v) is 10.3. The molecule has 4 nitrogen and oxygen atoms in total. The Hall–Kier alpha value is -1.06. The molecule has 0 aromatic rings. The van der Waals surface area contributed by atoms with Crippen LogP contribution < -0.4 is 0 Å². The summed E-state index contributed by atoms with van der Waals surface area (Å²) in [5, 5.41) is 0. The van der Waals surface area contributed by atoms with Crippen LogP contribution in [0.25, 0.3) is 0 Å². The molecule has 0 spiro atoms. The summed E-state index contributed by atoms with van der Waals surface area (Å²) in [6.07, 6.45) is 29.2. The van der Waals surface area contributed by atoms with Gasteiger partial charge in [0.1, 0.15) is 0 Å². The van der Waals surface area contributed by atoms with Crippen LogP contribution in [0, 0.1) is 0 Å². The molecular weight excluding hydrogens is 448 g/mol. The molecule has 0 N–H and O–H groups in total. The van der Waals surface area contributed by atoms with E-state index in [0.717, 1.165) is 25.7 Å². The monoisotopic (exact) mass is 512 g/mol. The van der Waals surface area contributed by atoms with Gasteiger partial charge in [-0.1, -0.05) is 143 Å². The summed E-state index contributed by atoms with van der Waals surface area (Å²) in [5.74, 6) is -0.0347. The van der Waals surface area contributed by atoms with Crippen molar-refractivity contribution in [2.24, 2.45) is 0 Å². The summed E-state index contributed by atoms with van der Waals surface area (Å²) in [7, 11) is 0. The SMILES string of the molecule is CCCCCCCCCCCC(=O)OCCC.CCCCCCCCCCCCCC(=O)OCCC. The van der Waals surface area contributed by atoms with Gasteiger partial charge in [-0.15, -0.1) is 0 Å². The van der Waals surface area contributed by atoms with Crippen molar-refractivity contribution < 1.29 is 19.1 Å².